The second kappa shape index (κ2) is 5.84. The summed E-state index contributed by atoms with van der Waals surface area (Å²) in [5.41, 5.74) is 0.564. The van der Waals surface area contributed by atoms with E-state index in [0.717, 1.165) is 5.56 Å². The second-order valence-electron chi connectivity index (χ2n) is 6.76. The maximum Gasteiger partial charge on any atom is 0.280 e. The molecule has 0 N–H and O–H groups in total. The number of Topliss-reactive ketones (excluding diaryl/α,β-unsaturated/α-hetero) is 1. The van der Waals surface area contributed by atoms with E-state index in [1.165, 1.54) is 0 Å². The fourth-order valence-electron chi connectivity index (χ4n) is 3.99. The highest BCUT2D eigenvalue weighted by molar-refractivity contribution is 6.09. The molecule has 0 spiro atoms. The fourth-order valence-corrected chi connectivity index (χ4v) is 3.99. The summed E-state index contributed by atoms with van der Waals surface area (Å²) in [4.78, 5) is 13.7. The number of hydrogen-bond donors (Lipinski definition) is 0. The van der Waals surface area contributed by atoms with Gasteiger partial charge < -0.3 is 18.9 Å². The van der Waals surface area contributed by atoms with Crippen molar-refractivity contribution in [2.24, 2.45) is 0 Å². The molecule has 3 aromatic carbocycles. The van der Waals surface area contributed by atoms with Gasteiger partial charge in [-0.2, -0.15) is 0 Å². The minimum atomic E-state index is -1.30. The molecular formula is C23H18O5. The van der Waals surface area contributed by atoms with Crippen LogP contribution in [-0.4, -0.2) is 20.0 Å². The normalized spacial score (nSPS) is 24.6. The topological polar surface area (TPSA) is 57.3 Å². The molecule has 2 aliphatic rings. The molecule has 5 heteroatoms. The molecule has 2 atom stereocenters. The van der Waals surface area contributed by atoms with E-state index in [1.807, 2.05) is 54.6 Å². The molecule has 1 fully saturated rings. The zero-order valence-corrected chi connectivity index (χ0v) is 15.5. The number of ketones is 1. The van der Waals surface area contributed by atoms with E-state index in [4.69, 9.17) is 18.9 Å². The summed E-state index contributed by atoms with van der Waals surface area (Å²) in [6.45, 7) is 0. The molecule has 0 radical (unpaired) electrons. The number of rotatable bonds is 4. The highest BCUT2D eigenvalue weighted by atomic mass is 16.8. The second-order valence-corrected chi connectivity index (χ2v) is 6.76. The number of para-hydroxylation sites is 1. The zero-order chi connectivity index (χ0) is 19.4. The highest BCUT2D eigenvalue weighted by Crippen LogP contribution is 2.68. The number of ether oxygens (including phenoxy) is 4. The quantitative estimate of drug-likeness (QED) is 0.645. The van der Waals surface area contributed by atoms with Crippen molar-refractivity contribution in [3.63, 3.8) is 0 Å². The van der Waals surface area contributed by atoms with E-state index in [1.54, 1.807) is 32.4 Å². The molecule has 5 rings (SSSR count). The van der Waals surface area contributed by atoms with Crippen molar-refractivity contribution < 1.29 is 23.7 Å². The predicted octanol–water partition coefficient (Wildman–Crippen LogP) is 4.06. The van der Waals surface area contributed by atoms with Crippen LogP contribution in [0.1, 0.15) is 21.5 Å². The molecule has 0 saturated carbocycles. The van der Waals surface area contributed by atoms with Crippen LogP contribution >= 0.6 is 0 Å². The van der Waals surface area contributed by atoms with Crippen LogP contribution < -0.4 is 14.2 Å². The lowest BCUT2D eigenvalue weighted by Crippen LogP contribution is -2.39. The fraction of sp³-hybridized carbons (Fsp3) is 0.174. The van der Waals surface area contributed by atoms with Crippen molar-refractivity contribution in [3.8, 4) is 17.2 Å². The molecule has 0 bridgehead atoms. The van der Waals surface area contributed by atoms with Crippen LogP contribution in [0.5, 0.6) is 17.2 Å². The maximum absolute atomic E-state index is 13.7. The molecule has 5 nitrogen and oxygen atoms in total. The van der Waals surface area contributed by atoms with Gasteiger partial charge in [-0.05, 0) is 18.2 Å². The Kier molecular flexibility index (Phi) is 3.51. The van der Waals surface area contributed by atoms with Gasteiger partial charge in [0.05, 0.1) is 19.8 Å². The SMILES string of the molecule is COc1ccc2c(c1)OC1(c3ccccc3)OC1(c1ccccc1OC)C2=O. The zero-order valence-electron chi connectivity index (χ0n) is 15.5. The first kappa shape index (κ1) is 16.8. The lowest BCUT2D eigenvalue weighted by molar-refractivity contribution is 0.0555. The molecular weight excluding hydrogens is 356 g/mol. The Bertz CT molecular complexity index is 1080. The van der Waals surface area contributed by atoms with Crippen LogP contribution in [0, 0.1) is 0 Å². The summed E-state index contributed by atoms with van der Waals surface area (Å²) >= 11 is 0. The minimum Gasteiger partial charge on any atom is -0.497 e. The van der Waals surface area contributed by atoms with Gasteiger partial charge in [0, 0.05) is 17.2 Å². The van der Waals surface area contributed by atoms with Gasteiger partial charge in [-0.3, -0.25) is 4.79 Å². The molecule has 0 aromatic heterocycles. The van der Waals surface area contributed by atoms with Crippen molar-refractivity contribution in [2.45, 2.75) is 11.4 Å². The number of fused-ring (bicyclic) bond motifs is 2. The Labute approximate surface area is 162 Å². The first-order chi connectivity index (χ1) is 13.7. The summed E-state index contributed by atoms with van der Waals surface area (Å²) in [6.07, 6.45) is 0. The van der Waals surface area contributed by atoms with Gasteiger partial charge in [0.15, 0.2) is 0 Å². The van der Waals surface area contributed by atoms with Gasteiger partial charge in [0.2, 0.25) is 11.4 Å². The van der Waals surface area contributed by atoms with Gasteiger partial charge in [-0.1, -0.05) is 48.5 Å². The third kappa shape index (κ3) is 2.02. The molecule has 0 amide bonds. The van der Waals surface area contributed by atoms with Crippen molar-refractivity contribution in [2.75, 3.05) is 14.2 Å². The van der Waals surface area contributed by atoms with Gasteiger partial charge >= 0.3 is 0 Å². The monoisotopic (exact) mass is 374 g/mol. The summed E-state index contributed by atoms with van der Waals surface area (Å²) in [5.74, 6) is 0.217. The van der Waals surface area contributed by atoms with Crippen LogP contribution in [0.2, 0.25) is 0 Å². The molecule has 3 aromatic rings. The Morgan fingerprint density at radius 1 is 0.857 bits per heavy atom. The van der Waals surface area contributed by atoms with E-state index in [2.05, 4.69) is 0 Å². The third-order valence-electron chi connectivity index (χ3n) is 5.37. The average Bonchev–Trinajstić information content (AvgIpc) is 3.45. The lowest BCUT2D eigenvalue weighted by atomic mass is 9.80. The molecule has 140 valence electrons. The Balaban J connectivity index is 1.77. The lowest BCUT2D eigenvalue weighted by Gasteiger charge is -2.28. The van der Waals surface area contributed by atoms with E-state index in [0.29, 0.717) is 28.4 Å². The van der Waals surface area contributed by atoms with E-state index in [-0.39, 0.29) is 5.78 Å². The van der Waals surface area contributed by atoms with Crippen LogP contribution in [0.3, 0.4) is 0 Å². The number of carbonyl (C=O) groups excluding carboxylic acids is 1. The van der Waals surface area contributed by atoms with Gasteiger partial charge in [0.1, 0.15) is 17.2 Å². The summed E-state index contributed by atoms with van der Waals surface area (Å²) < 4.78 is 23.4. The summed E-state index contributed by atoms with van der Waals surface area (Å²) in [5, 5.41) is 0. The van der Waals surface area contributed by atoms with E-state index >= 15 is 0 Å². The summed E-state index contributed by atoms with van der Waals surface area (Å²) in [7, 11) is 3.15. The molecule has 2 aliphatic heterocycles. The molecule has 28 heavy (non-hydrogen) atoms. The van der Waals surface area contributed by atoms with Crippen molar-refractivity contribution in [3.05, 3.63) is 89.5 Å². The summed E-state index contributed by atoms with van der Waals surface area (Å²) in [6, 6.07) is 22.1. The largest absolute Gasteiger partial charge is 0.497 e. The van der Waals surface area contributed by atoms with Crippen LogP contribution in [0.15, 0.2) is 72.8 Å². The number of hydrogen-bond acceptors (Lipinski definition) is 5. The third-order valence-corrected chi connectivity index (χ3v) is 5.37. The number of methoxy groups -OCH3 is 2. The highest BCUT2D eigenvalue weighted by Gasteiger charge is 2.82. The Morgan fingerprint density at radius 3 is 2.36 bits per heavy atom. The predicted molar refractivity (Wildman–Crippen MR) is 102 cm³/mol. The molecule has 0 aliphatic carbocycles. The van der Waals surface area contributed by atoms with Crippen LogP contribution in [-0.2, 0) is 16.1 Å². The number of benzene rings is 3. The molecule has 1 saturated heterocycles. The number of epoxide rings is 1. The molecule has 2 heterocycles. The Morgan fingerprint density at radius 2 is 1.61 bits per heavy atom. The van der Waals surface area contributed by atoms with E-state index in [9.17, 15) is 4.79 Å². The molecule has 2 unspecified atom stereocenters. The van der Waals surface area contributed by atoms with Crippen molar-refractivity contribution >= 4 is 5.78 Å². The standard InChI is InChI=1S/C23H18O5/c1-25-16-12-13-17-20(14-16)27-23(15-8-4-3-5-9-15)22(28-23,21(17)24)18-10-6-7-11-19(18)26-2/h3-14H,1-2H3. The average molecular weight is 374 g/mol. The van der Waals surface area contributed by atoms with Crippen LogP contribution in [0.25, 0.3) is 0 Å². The first-order valence-electron chi connectivity index (χ1n) is 8.97. The smallest absolute Gasteiger partial charge is 0.280 e. The van der Waals surface area contributed by atoms with Gasteiger partial charge in [-0.25, -0.2) is 0 Å². The minimum absolute atomic E-state index is 0.162. The first-order valence-corrected chi connectivity index (χ1v) is 8.97. The van der Waals surface area contributed by atoms with Crippen molar-refractivity contribution in [1.29, 1.82) is 0 Å². The van der Waals surface area contributed by atoms with Gasteiger partial charge in [0.25, 0.3) is 5.79 Å². The van der Waals surface area contributed by atoms with Gasteiger partial charge in [-0.15, -0.1) is 0 Å². The van der Waals surface area contributed by atoms with E-state index < -0.39 is 11.4 Å². The van der Waals surface area contributed by atoms with Crippen molar-refractivity contribution in [1.82, 2.24) is 0 Å². The maximum atomic E-state index is 13.7. The Hall–Kier alpha value is -3.31. The van der Waals surface area contributed by atoms with Crippen LogP contribution in [0.4, 0.5) is 0 Å². The number of carbonyl (C=O) groups is 1.